The number of halogens is 2. The third-order valence-corrected chi connectivity index (χ3v) is 4.10. The van der Waals surface area contributed by atoms with E-state index in [0.717, 1.165) is 18.2 Å². The van der Waals surface area contributed by atoms with E-state index in [9.17, 15) is 13.0 Å². The van der Waals surface area contributed by atoms with Crippen LogP contribution >= 0.6 is 0 Å². The maximum Gasteiger partial charge on any atom is 0.127 e. The summed E-state index contributed by atoms with van der Waals surface area (Å²) in [4.78, 5) is 0.117. The molecule has 6 heteroatoms. The molecule has 0 fully saturated rings. The van der Waals surface area contributed by atoms with E-state index in [0.29, 0.717) is 0 Å². The number of nitriles is 1. The Morgan fingerprint density at radius 1 is 1.20 bits per heavy atom. The molecule has 3 nitrogen and oxygen atoms in total. The zero-order valence-electron chi connectivity index (χ0n) is 10.3. The van der Waals surface area contributed by atoms with E-state index in [4.69, 9.17) is 11.0 Å². The van der Waals surface area contributed by atoms with E-state index < -0.39 is 22.4 Å². The molecule has 1 unspecified atom stereocenters. The summed E-state index contributed by atoms with van der Waals surface area (Å²) in [6.45, 7) is 0. The molecular weight excluding hydrogens is 282 g/mol. The molecule has 0 bridgehead atoms. The predicted octanol–water partition coefficient (Wildman–Crippen LogP) is 2.73. The molecule has 2 N–H and O–H groups in total. The quantitative estimate of drug-likeness (QED) is 0.884. The van der Waals surface area contributed by atoms with E-state index in [2.05, 4.69) is 0 Å². The van der Waals surface area contributed by atoms with Gasteiger partial charge in [0.1, 0.15) is 11.6 Å². The van der Waals surface area contributed by atoms with Crippen molar-refractivity contribution in [3.8, 4) is 6.07 Å². The highest BCUT2D eigenvalue weighted by Crippen LogP contribution is 2.22. The first kappa shape index (κ1) is 14.2. The summed E-state index contributed by atoms with van der Waals surface area (Å²) in [5, 5.41) is 8.77. The Morgan fingerprint density at radius 3 is 2.65 bits per heavy atom. The molecule has 0 saturated carbocycles. The number of hydrogen-bond acceptors (Lipinski definition) is 3. The molecule has 0 spiro atoms. The molecule has 2 aromatic carbocycles. The Kier molecular flexibility index (Phi) is 4.11. The molecule has 0 saturated heterocycles. The summed E-state index contributed by atoms with van der Waals surface area (Å²) in [5.74, 6) is -1.30. The minimum atomic E-state index is -1.69. The standard InChI is InChI=1S/C14H10F2N2OS/c15-11-2-4-13(18)14(6-11)20(19)8-10-5-9(7-17)1-3-12(10)16/h1-6H,8,18H2. The summed E-state index contributed by atoms with van der Waals surface area (Å²) in [5.41, 5.74) is 6.21. The maximum absolute atomic E-state index is 13.6. The van der Waals surface area contributed by atoms with Gasteiger partial charge in [-0.2, -0.15) is 5.26 Å². The fourth-order valence-corrected chi connectivity index (χ4v) is 2.91. The van der Waals surface area contributed by atoms with Crippen molar-refractivity contribution < 1.29 is 13.0 Å². The second-order valence-corrected chi connectivity index (χ2v) is 5.51. The van der Waals surface area contributed by atoms with Crippen molar-refractivity contribution >= 4 is 16.5 Å². The van der Waals surface area contributed by atoms with Crippen LogP contribution in [-0.4, -0.2) is 4.21 Å². The van der Waals surface area contributed by atoms with Gasteiger partial charge >= 0.3 is 0 Å². The van der Waals surface area contributed by atoms with Gasteiger partial charge in [-0.3, -0.25) is 4.21 Å². The molecule has 0 aliphatic rings. The highest BCUT2D eigenvalue weighted by atomic mass is 32.2. The summed E-state index contributed by atoms with van der Waals surface area (Å²) >= 11 is 0. The van der Waals surface area contributed by atoms with Crippen LogP contribution in [0.5, 0.6) is 0 Å². The molecule has 0 heterocycles. The first-order chi connectivity index (χ1) is 9.51. The number of nitrogens with zero attached hydrogens (tertiary/aromatic N) is 1. The van der Waals surface area contributed by atoms with E-state index in [1.54, 1.807) is 0 Å². The number of benzene rings is 2. The van der Waals surface area contributed by atoms with Crippen LogP contribution in [0.3, 0.4) is 0 Å². The zero-order valence-corrected chi connectivity index (χ0v) is 11.1. The number of rotatable bonds is 3. The Bertz CT molecular complexity index is 726. The maximum atomic E-state index is 13.6. The van der Waals surface area contributed by atoms with E-state index in [-0.39, 0.29) is 27.5 Å². The van der Waals surface area contributed by atoms with Crippen LogP contribution in [0.4, 0.5) is 14.5 Å². The molecule has 102 valence electrons. The molecule has 0 aliphatic carbocycles. The van der Waals surface area contributed by atoms with Gasteiger partial charge in [-0.1, -0.05) is 0 Å². The van der Waals surface area contributed by atoms with Gasteiger partial charge in [0.15, 0.2) is 0 Å². The van der Waals surface area contributed by atoms with Crippen molar-refractivity contribution in [2.24, 2.45) is 0 Å². The monoisotopic (exact) mass is 292 g/mol. The minimum absolute atomic E-state index is 0.117. The topological polar surface area (TPSA) is 66.9 Å². The highest BCUT2D eigenvalue weighted by molar-refractivity contribution is 7.84. The summed E-state index contributed by atoms with van der Waals surface area (Å²) < 4.78 is 38.9. The van der Waals surface area contributed by atoms with Gasteiger partial charge in [0.2, 0.25) is 0 Å². The smallest absolute Gasteiger partial charge is 0.127 e. The first-order valence-corrected chi connectivity index (χ1v) is 6.95. The summed E-state index contributed by atoms with van der Waals surface area (Å²) in [7, 11) is -1.69. The molecular formula is C14H10F2N2OS. The predicted molar refractivity (Wildman–Crippen MR) is 72.0 cm³/mol. The van der Waals surface area contributed by atoms with Gasteiger partial charge in [0, 0.05) is 11.3 Å². The van der Waals surface area contributed by atoms with Crippen molar-refractivity contribution in [1.29, 1.82) is 5.26 Å². The third-order valence-electron chi connectivity index (χ3n) is 2.68. The van der Waals surface area contributed by atoms with Crippen LogP contribution < -0.4 is 5.73 Å². The Morgan fingerprint density at radius 2 is 1.95 bits per heavy atom. The molecule has 20 heavy (non-hydrogen) atoms. The second kappa shape index (κ2) is 5.80. The van der Waals surface area contributed by atoms with Gasteiger partial charge in [-0.25, -0.2) is 8.78 Å². The number of nitrogen functional groups attached to an aromatic ring is 1. The lowest BCUT2D eigenvalue weighted by atomic mass is 10.1. The zero-order chi connectivity index (χ0) is 14.7. The van der Waals surface area contributed by atoms with Crippen LogP contribution in [-0.2, 0) is 16.6 Å². The van der Waals surface area contributed by atoms with Crippen LogP contribution in [0.15, 0.2) is 41.3 Å². The normalized spacial score (nSPS) is 11.8. The van der Waals surface area contributed by atoms with E-state index >= 15 is 0 Å². The molecule has 2 rings (SSSR count). The lowest BCUT2D eigenvalue weighted by Gasteiger charge is -2.07. The van der Waals surface area contributed by atoms with Crippen molar-refractivity contribution in [2.75, 3.05) is 5.73 Å². The fourth-order valence-electron chi connectivity index (χ4n) is 1.68. The fraction of sp³-hybridized carbons (Fsp3) is 0.0714. The van der Waals surface area contributed by atoms with Crippen molar-refractivity contribution in [3.05, 3.63) is 59.2 Å². The first-order valence-electron chi connectivity index (χ1n) is 5.63. The number of nitrogens with two attached hydrogens (primary N) is 1. The average Bonchev–Trinajstić information content (AvgIpc) is 2.43. The Balaban J connectivity index is 2.33. The van der Waals surface area contributed by atoms with Crippen LogP contribution in [0.2, 0.25) is 0 Å². The molecule has 1 atom stereocenters. The van der Waals surface area contributed by atoms with Gasteiger partial charge < -0.3 is 5.73 Å². The number of anilines is 1. The van der Waals surface area contributed by atoms with Gasteiger partial charge in [0.25, 0.3) is 0 Å². The van der Waals surface area contributed by atoms with Crippen molar-refractivity contribution in [1.82, 2.24) is 0 Å². The Labute approximate surface area is 117 Å². The molecule has 0 radical (unpaired) electrons. The summed E-state index contributed by atoms with van der Waals surface area (Å²) in [6, 6.07) is 9.21. The van der Waals surface area contributed by atoms with Crippen LogP contribution in [0.25, 0.3) is 0 Å². The van der Waals surface area contributed by atoms with Crippen LogP contribution in [0, 0.1) is 23.0 Å². The minimum Gasteiger partial charge on any atom is -0.398 e. The largest absolute Gasteiger partial charge is 0.398 e. The van der Waals surface area contributed by atoms with E-state index in [1.807, 2.05) is 6.07 Å². The molecule has 0 amide bonds. The highest BCUT2D eigenvalue weighted by Gasteiger charge is 2.13. The van der Waals surface area contributed by atoms with Gasteiger partial charge in [-0.15, -0.1) is 0 Å². The molecule has 2 aromatic rings. The SMILES string of the molecule is N#Cc1ccc(F)c(CS(=O)c2cc(F)ccc2N)c1. The molecule has 0 aliphatic heterocycles. The van der Waals surface area contributed by atoms with Crippen molar-refractivity contribution in [2.45, 2.75) is 10.6 Å². The third kappa shape index (κ3) is 3.00. The van der Waals surface area contributed by atoms with E-state index in [1.165, 1.54) is 18.2 Å². The van der Waals surface area contributed by atoms with Crippen molar-refractivity contribution in [3.63, 3.8) is 0 Å². The number of hydrogen-bond donors (Lipinski definition) is 1. The second-order valence-electron chi connectivity index (χ2n) is 4.09. The Hall–Kier alpha value is -2.26. The average molecular weight is 292 g/mol. The lowest BCUT2D eigenvalue weighted by molar-refractivity contribution is 0.614. The van der Waals surface area contributed by atoms with Gasteiger partial charge in [-0.05, 0) is 36.4 Å². The van der Waals surface area contributed by atoms with Gasteiger partial charge in [0.05, 0.1) is 33.1 Å². The molecule has 0 aromatic heterocycles. The summed E-state index contributed by atoms with van der Waals surface area (Å²) in [6.07, 6.45) is 0. The van der Waals surface area contributed by atoms with Crippen LogP contribution in [0.1, 0.15) is 11.1 Å². The lowest BCUT2D eigenvalue weighted by Crippen LogP contribution is -2.03.